The van der Waals surface area contributed by atoms with E-state index in [9.17, 15) is 9.59 Å². The van der Waals surface area contributed by atoms with Crippen LogP contribution in [0.5, 0.6) is 0 Å². The van der Waals surface area contributed by atoms with E-state index < -0.39 is 5.54 Å². The Bertz CT molecular complexity index is 1070. The van der Waals surface area contributed by atoms with Gasteiger partial charge in [0, 0.05) is 7.05 Å². The van der Waals surface area contributed by atoms with Crippen molar-refractivity contribution in [2.75, 3.05) is 7.11 Å². The summed E-state index contributed by atoms with van der Waals surface area (Å²) in [4.78, 5) is 31.7. The molecule has 1 aliphatic rings. The maximum atomic E-state index is 13.5. The number of thiophene rings is 1. The van der Waals surface area contributed by atoms with E-state index in [1.807, 2.05) is 31.5 Å². The molecule has 0 unspecified atom stereocenters. The SMILES string of the molecule is COC(=O)C1(NC(=O)c2cc(-c3cccs3)nc3c2c(C)nn3C)CCCCC1. The summed E-state index contributed by atoms with van der Waals surface area (Å²) in [7, 11) is 3.19. The van der Waals surface area contributed by atoms with Crippen molar-refractivity contribution in [3.8, 4) is 10.6 Å². The molecule has 0 spiro atoms. The summed E-state index contributed by atoms with van der Waals surface area (Å²) >= 11 is 1.56. The van der Waals surface area contributed by atoms with Gasteiger partial charge in [-0.3, -0.25) is 9.48 Å². The molecule has 1 fully saturated rings. The van der Waals surface area contributed by atoms with Crippen LogP contribution in [0, 0.1) is 6.92 Å². The van der Waals surface area contributed by atoms with Gasteiger partial charge in [0.25, 0.3) is 5.91 Å². The van der Waals surface area contributed by atoms with Crippen molar-refractivity contribution < 1.29 is 14.3 Å². The molecule has 0 aliphatic heterocycles. The molecule has 3 aromatic rings. The monoisotopic (exact) mass is 412 g/mol. The normalized spacial score (nSPS) is 16.0. The van der Waals surface area contributed by atoms with Crippen molar-refractivity contribution in [2.24, 2.45) is 7.05 Å². The highest BCUT2D eigenvalue weighted by Gasteiger charge is 2.42. The molecule has 1 aliphatic carbocycles. The topological polar surface area (TPSA) is 86.1 Å². The lowest BCUT2D eigenvalue weighted by Crippen LogP contribution is -2.56. The molecule has 0 aromatic carbocycles. The van der Waals surface area contributed by atoms with Gasteiger partial charge in [-0.1, -0.05) is 25.3 Å². The first kappa shape index (κ1) is 19.6. The number of aromatic nitrogens is 3. The second kappa shape index (κ2) is 7.59. The van der Waals surface area contributed by atoms with Gasteiger partial charge < -0.3 is 10.1 Å². The lowest BCUT2D eigenvalue weighted by Gasteiger charge is -2.35. The predicted octanol–water partition coefficient (Wildman–Crippen LogP) is 3.61. The van der Waals surface area contributed by atoms with Crippen molar-refractivity contribution in [1.29, 1.82) is 0 Å². The van der Waals surface area contributed by atoms with Crippen LogP contribution < -0.4 is 5.32 Å². The standard InChI is InChI=1S/C21H24N4O3S/c1-13-17-14(19(26)23-21(20(27)28-3)9-5-4-6-10-21)12-15(16-8-7-11-29-16)22-18(17)25(2)24-13/h7-8,11-12H,4-6,9-10H2,1-3H3,(H,23,26). The molecule has 1 amide bonds. The number of hydrogen-bond donors (Lipinski definition) is 1. The number of methoxy groups -OCH3 is 1. The number of amides is 1. The van der Waals surface area contributed by atoms with Crippen molar-refractivity contribution in [3.05, 3.63) is 34.8 Å². The Morgan fingerprint density at radius 3 is 2.69 bits per heavy atom. The minimum atomic E-state index is -0.973. The summed E-state index contributed by atoms with van der Waals surface area (Å²) in [6, 6.07) is 5.72. The first-order valence-electron chi connectivity index (χ1n) is 9.74. The zero-order valence-corrected chi connectivity index (χ0v) is 17.6. The fourth-order valence-electron chi connectivity index (χ4n) is 4.19. The quantitative estimate of drug-likeness (QED) is 0.662. The second-order valence-corrected chi connectivity index (χ2v) is 8.48. The lowest BCUT2D eigenvalue weighted by atomic mass is 9.81. The molecule has 1 N–H and O–H groups in total. The van der Waals surface area contributed by atoms with Crippen molar-refractivity contribution in [1.82, 2.24) is 20.1 Å². The third-order valence-corrected chi connectivity index (χ3v) is 6.52. The fraction of sp³-hybridized carbons (Fsp3) is 0.429. The van der Waals surface area contributed by atoms with E-state index in [0.717, 1.165) is 35.5 Å². The third kappa shape index (κ3) is 3.42. The molecule has 0 bridgehead atoms. The first-order chi connectivity index (χ1) is 13.9. The van der Waals surface area contributed by atoms with E-state index in [2.05, 4.69) is 10.4 Å². The van der Waals surface area contributed by atoms with Gasteiger partial charge in [-0.25, -0.2) is 9.78 Å². The number of carbonyl (C=O) groups is 2. The highest BCUT2D eigenvalue weighted by molar-refractivity contribution is 7.13. The van der Waals surface area contributed by atoms with Crippen LogP contribution in [0.25, 0.3) is 21.6 Å². The Balaban J connectivity index is 1.81. The number of hydrogen-bond acceptors (Lipinski definition) is 6. The van der Waals surface area contributed by atoms with Gasteiger partial charge in [0.2, 0.25) is 0 Å². The van der Waals surface area contributed by atoms with Crippen molar-refractivity contribution in [2.45, 2.75) is 44.6 Å². The number of pyridine rings is 1. The zero-order valence-electron chi connectivity index (χ0n) is 16.8. The highest BCUT2D eigenvalue weighted by atomic mass is 32.1. The van der Waals surface area contributed by atoms with Crippen molar-refractivity contribution in [3.63, 3.8) is 0 Å². The summed E-state index contributed by atoms with van der Waals surface area (Å²) in [6.07, 6.45) is 3.99. The minimum Gasteiger partial charge on any atom is -0.467 e. The summed E-state index contributed by atoms with van der Waals surface area (Å²) < 4.78 is 6.74. The highest BCUT2D eigenvalue weighted by Crippen LogP contribution is 2.32. The third-order valence-electron chi connectivity index (χ3n) is 5.62. The molecule has 152 valence electrons. The predicted molar refractivity (Wildman–Crippen MR) is 112 cm³/mol. The molecule has 1 saturated carbocycles. The van der Waals surface area contributed by atoms with Gasteiger partial charge in [-0.05, 0) is 37.3 Å². The summed E-state index contributed by atoms with van der Waals surface area (Å²) in [5, 5.41) is 10.2. The van der Waals surface area contributed by atoms with Crippen LogP contribution in [0.3, 0.4) is 0 Å². The molecule has 8 heteroatoms. The number of rotatable bonds is 4. The second-order valence-electron chi connectivity index (χ2n) is 7.53. The number of esters is 1. The average molecular weight is 413 g/mol. The molecule has 4 rings (SSSR count). The lowest BCUT2D eigenvalue weighted by molar-refractivity contribution is -0.149. The minimum absolute atomic E-state index is 0.293. The van der Waals surface area contributed by atoms with E-state index >= 15 is 0 Å². The number of fused-ring (bicyclic) bond motifs is 1. The van der Waals surface area contributed by atoms with Crippen LogP contribution in [-0.4, -0.2) is 39.3 Å². The molecule has 3 heterocycles. The van der Waals surface area contributed by atoms with Gasteiger partial charge in [0.05, 0.1) is 34.3 Å². The zero-order chi connectivity index (χ0) is 20.6. The fourth-order valence-corrected chi connectivity index (χ4v) is 4.88. The van der Waals surface area contributed by atoms with Gasteiger partial charge >= 0.3 is 5.97 Å². The summed E-state index contributed by atoms with van der Waals surface area (Å²) in [6.45, 7) is 1.86. The van der Waals surface area contributed by atoms with Crippen molar-refractivity contribution >= 4 is 34.2 Å². The molecule has 0 atom stereocenters. The van der Waals surface area contributed by atoms with Crippen LogP contribution in [-0.2, 0) is 16.6 Å². The van der Waals surface area contributed by atoms with E-state index in [0.29, 0.717) is 29.4 Å². The Kier molecular flexibility index (Phi) is 5.12. The molecular formula is C21H24N4O3S. The van der Waals surface area contributed by atoms with E-state index in [4.69, 9.17) is 9.72 Å². The molecule has 7 nitrogen and oxygen atoms in total. The Morgan fingerprint density at radius 1 is 1.28 bits per heavy atom. The molecular weight excluding hydrogens is 388 g/mol. The molecule has 29 heavy (non-hydrogen) atoms. The summed E-state index contributed by atoms with van der Waals surface area (Å²) in [5.41, 5.74) is 1.61. The van der Waals surface area contributed by atoms with Gasteiger partial charge in [-0.15, -0.1) is 11.3 Å². The molecule has 0 saturated heterocycles. The van der Waals surface area contributed by atoms with E-state index in [1.165, 1.54) is 7.11 Å². The smallest absolute Gasteiger partial charge is 0.331 e. The van der Waals surface area contributed by atoms with E-state index in [-0.39, 0.29) is 11.9 Å². The van der Waals surface area contributed by atoms with Crippen LogP contribution in [0.4, 0.5) is 0 Å². The van der Waals surface area contributed by atoms with Gasteiger partial charge in [0.1, 0.15) is 5.54 Å². The van der Waals surface area contributed by atoms with Gasteiger partial charge in [-0.2, -0.15) is 5.10 Å². The van der Waals surface area contributed by atoms with Crippen LogP contribution in [0.1, 0.15) is 48.2 Å². The molecule has 3 aromatic heterocycles. The Hall–Kier alpha value is -2.74. The summed E-state index contributed by atoms with van der Waals surface area (Å²) in [5.74, 6) is -0.671. The van der Waals surface area contributed by atoms with Crippen LogP contribution in [0.2, 0.25) is 0 Å². The largest absolute Gasteiger partial charge is 0.467 e. The number of nitrogens with one attached hydrogen (secondary N) is 1. The Morgan fingerprint density at radius 2 is 2.03 bits per heavy atom. The average Bonchev–Trinajstić information content (AvgIpc) is 3.36. The van der Waals surface area contributed by atoms with E-state index in [1.54, 1.807) is 22.1 Å². The first-order valence-corrected chi connectivity index (χ1v) is 10.6. The maximum Gasteiger partial charge on any atom is 0.331 e. The molecule has 0 radical (unpaired) electrons. The number of ether oxygens (including phenoxy) is 1. The maximum absolute atomic E-state index is 13.5. The number of aryl methyl sites for hydroxylation is 2. The Labute approximate surface area is 173 Å². The number of nitrogens with zero attached hydrogens (tertiary/aromatic N) is 3. The van der Waals surface area contributed by atoms with Crippen LogP contribution >= 0.6 is 11.3 Å². The van der Waals surface area contributed by atoms with Crippen LogP contribution in [0.15, 0.2) is 23.6 Å². The van der Waals surface area contributed by atoms with Gasteiger partial charge in [0.15, 0.2) is 5.65 Å². The number of carbonyl (C=O) groups excluding carboxylic acids is 2.